The Balaban J connectivity index is 2.25. The van der Waals surface area contributed by atoms with E-state index in [2.05, 4.69) is 60.5 Å². The number of hydrogen-bond donors (Lipinski definition) is 1. The van der Waals surface area contributed by atoms with Crippen molar-refractivity contribution in [3.05, 3.63) is 65.5 Å². The van der Waals surface area contributed by atoms with Gasteiger partial charge in [-0.2, -0.15) is 0 Å². The summed E-state index contributed by atoms with van der Waals surface area (Å²) in [5.41, 5.74) is 3.95. The van der Waals surface area contributed by atoms with Gasteiger partial charge in [0.15, 0.2) is 0 Å². The molecule has 0 bridgehead atoms. The summed E-state index contributed by atoms with van der Waals surface area (Å²) in [6, 6.07) is 13.3. The number of aromatic nitrogens is 1. The third-order valence-electron chi connectivity index (χ3n) is 3.78. The topological polar surface area (TPSA) is 24.9 Å². The summed E-state index contributed by atoms with van der Waals surface area (Å²) < 4.78 is 0. The van der Waals surface area contributed by atoms with Crippen molar-refractivity contribution in [2.24, 2.45) is 0 Å². The first-order valence-corrected chi connectivity index (χ1v) is 6.93. The maximum atomic E-state index is 4.08. The van der Waals surface area contributed by atoms with E-state index in [1.54, 1.807) is 0 Å². The maximum absolute atomic E-state index is 4.08. The molecule has 1 aromatic heterocycles. The van der Waals surface area contributed by atoms with Gasteiger partial charge in [0, 0.05) is 12.4 Å². The number of nitrogens with one attached hydrogen (secondary N) is 1. The highest BCUT2D eigenvalue weighted by atomic mass is 14.9. The van der Waals surface area contributed by atoms with Crippen LogP contribution in [0.15, 0.2) is 48.8 Å². The molecule has 0 aliphatic heterocycles. The highest BCUT2D eigenvalue weighted by Crippen LogP contribution is 2.24. The number of benzene rings is 1. The highest BCUT2D eigenvalue weighted by molar-refractivity contribution is 5.33. The van der Waals surface area contributed by atoms with E-state index in [1.807, 2.05) is 19.4 Å². The zero-order valence-electron chi connectivity index (χ0n) is 11.9. The van der Waals surface area contributed by atoms with Crippen LogP contribution in [0.5, 0.6) is 0 Å². The van der Waals surface area contributed by atoms with Gasteiger partial charge in [-0.05, 0) is 48.2 Å². The molecule has 1 unspecified atom stereocenters. The Hall–Kier alpha value is -1.67. The van der Waals surface area contributed by atoms with Gasteiger partial charge >= 0.3 is 0 Å². The monoisotopic (exact) mass is 254 g/mol. The van der Waals surface area contributed by atoms with E-state index in [9.17, 15) is 0 Å². The van der Waals surface area contributed by atoms with Gasteiger partial charge in [-0.3, -0.25) is 4.98 Å². The minimum absolute atomic E-state index is 0.231. The van der Waals surface area contributed by atoms with Crippen LogP contribution in [0.25, 0.3) is 0 Å². The van der Waals surface area contributed by atoms with Gasteiger partial charge in [-0.1, -0.05) is 38.1 Å². The second-order valence-electron chi connectivity index (χ2n) is 4.98. The minimum Gasteiger partial charge on any atom is -0.309 e. The van der Waals surface area contributed by atoms with Gasteiger partial charge in [-0.15, -0.1) is 0 Å². The Morgan fingerprint density at radius 1 is 0.947 bits per heavy atom. The average Bonchev–Trinajstić information content (AvgIpc) is 2.49. The number of pyridine rings is 1. The zero-order valence-corrected chi connectivity index (χ0v) is 11.9. The first-order valence-electron chi connectivity index (χ1n) is 6.93. The van der Waals surface area contributed by atoms with Crippen LogP contribution in [0.3, 0.4) is 0 Å². The fourth-order valence-corrected chi connectivity index (χ4v) is 2.33. The largest absolute Gasteiger partial charge is 0.309 e. The van der Waals surface area contributed by atoms with Crippen molar-refractivity contribution in [2.45, 2.75) is 32.2 Å². The van der Waals surface area contributed by atoms with Gasteiger partial charge in [0.1, 0.15) is 0 Å². The van der Waals surface area contributed by atoms with Gasteiger partial charge < -0.3 is 5.32 Å². The Morgan fingerprint density at radius 3 is 2.00 bits per heavy atom. The molecule has 2 nitrogen and oxygen atoms in total. The molecule has 0 amide bonds. The van der Waals surface area contributed by atoms with Crippen LogP contribution in [-0.2, 0) is 0 Å². The Morgan fingerprint density at radius 2 is 1.47 bits per heavy atom. The lowest BCUT2D eigenvalue weighted by Gasteiger charge is -2.18. The van der Waals surface area contributed by atoms with Gasteiger partial charge in [0.2, 0.25) is 0 Å². The highest BCUT2D eigenvalue weighted by Gasteiger charge is 2.12. The second kappa shape index (κ2) is 6.48. The van der Waals surface area contributed by atoms with E-state index < -0.39 is 0 Å². The normalized spacial score (nSPS) is 14.1. The van der Waals surface area contributed by atoms with Crippen LogP contribution >= 0.6 is 0 Å². The van der Waals surface area contributed by atoms with E-state index in [-0.39, 0.29) is 6.04 Å². The van der Waals surface area contributed by atoms with Crippen LogP contribution in [0.2, 0.25) is 0 Å². The molecule has 1 N–H and O–H groups in total. The predicted molar refractivity (Wildman–Crippen MR) is 80.3 cm³/mol. The molecule has 2 aromatic rings. The van der Waals surface area contributed by atoms with Crippen LogP contribution < -0.4 is 5.32 Å². The molecule has 2 rings (SSSR count). The summed E-state index contributed by atoms with van der Waals surface area (Å²) in [4.78, 5) is 4.08. The molecule has 1 aromatic carbocycles. The lowest BCUT2D eigenvalue weighted by atomic mass is 9.94. The van der Waals surface area contributed by atoms with Gasteiger partial charge in [-0.25, -0.2) is 0 Å². The molecule has 0 aliphatic rings. The summed E-state index contributed by atoms with van der Waals surface area (Å²) >= 11 is 0. The Labute approximate surface area is 115 Å². The molecule has 0 fully saturated rings. The predicted octanol–water partition coefficient (Wildman–Crippen LogP) is 3.90. The SMILES string of the molecule is CCC(C)c1ccc([C@@H](NC)c2ccncc2)cc1. The van der Waals surface area contributed by atoms with E-state index >= 15 is 0 Å². The van der Waals surface area contributed by atoms with E-state index in [4.69, 9.17) is 0 Å². The van der Waals surface area contributed by atoms with Gasteiger partial charge in [0.25, 0.3) is 0 Å². The summed E-state index contributed by atoms with van der Waals surface area (Å²) in [5, 5.41) is 3.37. The minimum atomic E-state index is 0.231. The van der Waals surface area contributed by atoms with Crippen molar-refractivity contribution >= 4 is 0 Å². The molecule has 19 heavy (non-hydrogen) atoms. The molecule has 1 heterocycles. The fraction of sp³-hybridized carbons (Fsp3) is 0.353. The van der Waals surface area contributed by atoms with Crippen LogP contribution in [0.4, 0.5) is 0 Å². The van der Waals surface area contributed by atoms with Crippen molar-refractivity contribution in [1.82, 2.24) is 10.3 Å². The molecule has 0 radical (unpaired) electrons. The molecule has 0 saturated heterocycles. The smallest absolute Gasteiger partial charge is 0.0575 e. The Bertz CT molecular complexity index is 490. The first-order chi connectivity index (χ1) is 9.26. The number of rotatable bonds is 5. The van der Waals surface area contributed by atoms with Crippen molar-refractivity contribution in [3.63, 3.8) is 0 Å². The molecule has 0 aliphatic carbocycles. The van der Waals surface area contributed by atoms with E-state index in [0.29, 0.717) is 5.92 Å². The quantitative estimate of drug-likeness (QED) is 0.875. The van der Waals surface area contributed by atoms with Crippen molar-refractivity contribution in [1.29, 1.82) is 0 Å². The molecular weight excluding hydrogens is 232 g/mol. The first kappa shape index (κ1) is 13.8. The summed E-state index contributed by atoms with van der Waals surface area (Å²) in [6.07, 6.45) is 4.86. The third kappa shape index (κ3) is 3.21. The summed E-state index contributed by atoms with van der Waals surface area (Å²) in [7, 11) is 1.99. The molecular formula is C17H22N2. The molecule has 0 spiro atoms. The van der Waals surface area contributed by atoms with Crippen molar-refractivity contribution < 1.29 is 0 Å². The second-order valence-corrected chi connectivity index (χ2v) is 4.98. The van der Waals surface area contributed by atoms with E-state index in [0.717, 1.165) is 0 Å². The van der Waals surface area contributed by atoms with Gasteiger partial charge in [0.05, 0.1) is 6.04 Å². The van der Waals surface area contributed by atoms with Crippen LogP contribution in [-0.4, -0.2) is 12.0 Å². The molecule has 2 atom stereocenters. The fourth-order valence-electron chi connectivity index (χ4n) is 2.33. The number of nitrogens with zero attached hydrogens (tertiary/aromatic N) is 1. The lowest BCUT2D eigenvalue weighted by molar-refractivity contribution is 0.687. The maximum Gasteiger partial charge on any atom is 0.0575 e. The Kier molecular flexibility index (Phi) is 4.69. The summed E-state index contributed by atoms with van der Waals surface area (Å²) in [6.45, 7) is 4.50. The molecule has 0 saturated carbocycles. The van der Waals surface area contributed by atoms with Crippen LogP contribution in [0, 0.1) is 0 Å². The molecule has 100 valence electrons. The third-order valence-corrected chi connectivity index (χ3v) is 3.78. The average molecular weight is 254 g/mol. The van der Waals surface area contributed by atoms with Crippen LogP contribution in [0.1, 0.15) is 48.9 Å². The van der Waals surface area contributed by atoms with E-state index in [1.165, 1.54) is 23.1 Å². The summed E-state index contributed by atoms with van der Waals surface area (Å²) in [5.74, 6) is 0.628. The zero-order chi connectivity index (χ0) is 13.7. The lowest BCUT2D eigenvalue weighted by Crippen LogP contribution is -2.17. The molecule has 2 heteroatoms. The standard InChI is InChI=1S/C17H22N2/c1-4-13(2)14-5-7-15(8-6-14)17(18-3)16-9-11-19-12-10-16/h5-13,17-18H,4H2,1-3H3/t13?,17-/m1/s1. The number of hydrogen-bond acceptors (Lipinski definition) is 2. The van der Waals surface area contributed by atoms with Crippen molar-refractivity contribution in [3.8, 4) is 0 Å². The van der Waals surface area contributed by atoms with Crippen molar-refractivity contribution in [2.75, 3.05) is 7.05 Å².